The lowest BCUT2D eigenvalue weighted by molar-refractivity contribution is 0.0710. The number of hydrogen-bond acceptors (Lipinski definition) is 3. The van der Waals surface area contributed by atoms with Crippen LogP contribution in [0.3, 0.4) is 0 Å². The summed E-state index contributed by atoms with van der Waals surface area (Å²) in [7, 11) is 0. The number of para-hydroxylation sites is 1. The van der Waals surface area contributed by atoms with E-state index in [4.69, 9.17) is 0 Å². The van der Waals surface area contributed by atoms with Crippen molar-refractivity contribution in [3.8, 4) is 5.69 Å². The Hall–Kier alpha value is -2.67. The van der Waals surface area contributed by atoms with Crippen LogP contribution in [-0.2, 0) is 0 Å². The van der Waals surface area contributed by atoms with Crippen molar-refractivity contribution in [3.63, 3.8) is 0 Å². The lowest BCUT2D eigenvalue weighted by Gasteiger charge is -2.31. The van der Waals surface area contributed by atoms with Crippen LogP contribution in [-0.4, -0.2) is 38.7 Å². The topological polar surface area (TPSA) is 71.0 Å². The third-order valence-electron chi connectivity index (χ3n) is 4.95. The Balaban J connectivity index is 1.50. The number of carbonyl (C=O) groups excluding carboxylic acids is 1. The number of halogens is 1. The molecule has 0 unspecified atom stereocenters. The number of nitrogens with zero attached hydrogens (tertiary/aromatic N) is 3. The summed E-state index contributed by atoms with van der Waals surface area (Å²) in [6.07, 6.45) is 1.55. The Morgan fingerprint density at radius 2 is 1.70 bits per heavy atom. The zero-order valence-corrected chi connectivity index (χ0v) is 16.2. The highest BCUT2D eigenvalue weighted by Crippen LogP contribution is 2.28. The molecule has 2 heterocycles. The molecular formula is C20H19BrN4O2. The van der Waals surface area contributed by atoms with Crippen LogP contribution in [0.5, 0.6) is 0 Å². The van der Waals surface area contributed by atoms with E-state index in [-0.39, 0.29) is 17.5 Å². The first kappa shape index (κ1) is 17.7. The highest BCUT2D eigenvalue weighted by atomic mass is 79.9. The summed E-state index contributed by atoms with van der Waals surface area (Å²) in [5.41, 5.74) is 1.27. The molecule has 0 bridgehead atoms. The average Bonchev–Trinajstić information content (AvgIpc) is 3.10. The summed E-state index contributed by atoms with van der Waals surface area (Å²) < 4.78 is 2.59. The molecule has 3 aromatic rings. The smallest absolute Gasteiger partial charge is 0.339 e. The molecule has 1 aliphatic rings. The number of aromatic nitrogens is 3. The lowest BCUT2D eigenvalue weighted by Crippen LogP contribution is -2.38. The van der Waals surface area contributed by atoms with Crippen molar-refractivity contribution < 1.29 is 4.79 Å². The largest absolute Gasteiger partial charge is 0.347 e. The van der Waals surface area contributed by atoms with E-state index in [2.05, 4.69) is 26.1 Å². The third kappa shape index (κ3) is 3.60. The third-order valence-corrected chi connectivity index (χ3v) is 5.48. The Kier molecular flexibility index (Phi) is 4.94. The highest BCUT2D eigenvalue weighted by molar-refractivity contribution is 9.10. The maximum Gasteiger partial charge on any atom is 0.347 e. The van der Waals surface area contributed by atoms with Gasteiger partial charge >= 0.3 is 5.69 Å². The van der Waals surface area contributed by atoms with Gasteiger partial charge in [0, 0.05) is 29.0 Å². The van der Waals surface area contributed by atoms with Gasteiger partial charge in [-0.05, 0) is 49.2 Å². The molecule has 7 heteroatoms. The highest BCUT2D eigenvalue weighted by Gasteiger charge is 2.28. The number of benzene rings is 2. The Bertz CT molecular complexity index is 987. The number of nitrogens with one attached hydrogen (secondary N) is 1. The van der Waals surface area contributed by atoms with Crippen molar-refractivity contribution in [2.45, 2.75) is 18.8 Å². The van der Waals surface area contributed by atoms with Gasteiger partial charge in [-0.1, -0.05) is 34.1 Å². The summed E-state index contributed by atoms with van der Waals surface area (Å²) >= 11 is 3.39. The molecule has 1 saturated heterocycles. The first-order valence-electron chi connectivity index (χ1n) is 8.91. The fraction of sp³-hybridized carbons (Fsp3) is 0.250. The number of H-pyrrole nitrogens is 1. The standard InChI is InChI=1S/C20H19BrN4O2/c21-16-8-6-15(7-9-16)19(26)24-12-10-14(11-13-24)18-22-23-20(27)25(18)17-4-2-1-3-5-17/h1-9,14H,10-13H2,(H,23,27). The minimum absolute atomic E-state index is 0.0448. The van der Waals surface area contributed by atoms with Gasteiger partial charge in [-0.2, -0.15) is 5.10 Å². The van der Waals surface area contributed by atoms with Crippen LogP contribution in [0.4, 0.5) is 0 Å². The molecular weight excluding hydrogens is 408 g/mol. The zero-order chi connectivity index (χ0) is 18.8. The number of hydrogen-bond donors (Lipinski definition) is 1. The summed E-state index contributed by atoms with van der Waals surface area (Å²) in [4.78, 5) is 26.8. The van der Waals surface area contributed by atoms with Gasteiger partial charge in [0.1, 0.15) is 5.82 Å². The predicted molar refractivity (Wildman–Crippen MR) is 106 cm³/mol. The molecule has 0 radical (unpaired) electrons. The summed E-state index contributed by atoms with van der Waals surface area (Å²) in [6.45, 7) is 1.30. The summed E-state index contributed by atoms with van der Waals surface area (Å²) in [6, 6.07) is 16.9. The molecule has 1 aliphatic heterocycles. The van der Waals surface area contributed by atoms with E-state index >= 15 is 0 Å². The summed E-state index contributed by atoms with van der Waals surface area (Å²) in [5, 5.41) is 6.84. The molecule has 1 N–H and O–H groups in total. The maximum atomic E-state index is 12.7. The molecule has 0 saturated carbocycles. The first-order chi connectivity index (χ1) is 13.1. The van der Waals surface area contributed by atoms with Gasteiger partial charge in [-0.3, -0.25) is 4.79 Å². The second-order valence-electron chi connectivity index (χ2n) is 6.63. The van der Waals surface area contributed by atoms with Gasteiger partial charge in [0.25, 0.3) is 5.91 Å². The van der Waals surface area contributed by atoms with Gasteiger partial charge in [0.2, 0.25) is 0 Å². The van der Waals surface area contributed by atoms with Gasteiger partial charge in [0.15, 0.2) is 0 Å². The Morgan fingerprint density at radius 1 is 1.04 bits per heavy atom. The fourth-order valence-electron chi connectivity index (χ4n) is 3.53. The minimum atomic E-state index is -0.232. The van der Waals surface area contributed by atoms with Crippen molar-refractivity contribution in [3.05, 3.63) is 80.9 Å². The fourth-order valence-corrected chi connectivity index (χ4v) is 3.79. The van der Waals surface area contributed by atoms with E-state index in [1.165, 1.54) is 0 Å². The summed E-state index contributed by atoms with van der Waals surface area (Å²) in [5.74, 6) is 0.920. The predicted octanol–water partition coefficient (Wildman–Crippen LogP) is 3.34. The molecule has 27 heavy (non-hydrogen) atoms. The molecule has 0 aliphatic carbocycles. The normalized spacial score (nSPS) is 15.1. The second-order valence-corrected chi connectivity index (χ2v) is 7.55. The molecule has 2 aromatic carbocycles. The number of aromatic amines is 1. The van der Waals surface area contributed by atoms with Gasteiger partial charge < -0.3 is 4.90 Å². The van der Waals surface area contributed by atoms with Crippen LogP contribution >= 0.6 is 15.9 Å². The zero-order valence-electron chi connectivity index (χ0n) is 14.6. The van der Waals surface area contributed by atoms with E-state index in [1.807, 2.05) is 59.5 Å². The van der Waals surface area contributed by atoms with Crippen molar-refractivity contribution in [2.75, 3.05) is 13.1 Å². The lowest BCUT2D eigenvalue weighted by atomic mass is 9.95. The van der Waals surface area contributed by atoms with Gasteiger partial charge in [-0.25, -0.2) is 14.5 Å². The van der Waals surface area contributed by atoms with Crippen LogP contribution < -0.4 is 5.69 Å². The van der Waals surface area contributed by atoms with E-state index in [1.54, 1.807) is 4.57 Å². The number of piperidine rings is 1. The van der Waals surface area contributed by atoms with Crippen LogP contribution in [0, 0.1) is 0 Å². The maximum absolute atomic E-state index is 12.7. The van der Waals surface area contributed by atoms with Crippen molar-refractivity contribution in [1.82, 2.24) is 19.7 Å². The van der Waals surface area contributed by atoms with Crippen LogP contribution in [0.15, 0.2) is 63.9 Å². The van der Waals surface area contributed by atoms with Crippen molar-refractivity contribution >= 4 is 21.8 Å². The van der Waals surface area contributed by atoms with Crippen molar-refractivity contribution in [2.24, 2.45) is 0 Å². The van der Waals surface area contributed by atoms with Gasteiger partial charge in [0.05, 0.1) is 5.69 Å². The molecule has 138 valence electrons. The monoisotopic (exact) mass is 426 g/mol. The molecule has 1 fully saturated rings. The molecule has 1 amide bonds. The molecule has 0 atom stereocenters. The number of rotatable bonds is 3. The van der Waals surface area contributed by atoms with E-state index in [0.717, 1.165) is 28.8 Å². The average molecular weight is 427 g/mol. The van der Waals surface area contributed by atoms with Crippen LogP contribution in [0.1, 0.15) is 34.9 Å². The first-order valence-corrected chi connectivity index (χ1v) is 9.70. The quantitative estimate of drug-likeness (QED) is 0.697. The Labute approximate surface area is 165 Å². The second kappa shape index (κ2) is 7.52. The van der Waals surface area contributed by atoms with E-state index in [9.17, 15) is 9.59 Å². The molecule has 1 aromatic heterocycles. The molecule has 6 nitrogen and oxygen atoms in total. The number of likely N-dealkylation sites (tertiary alicyclic amines) is 1. The Morgan fingerprint density at radius 3 is 2.37 bits per heavy atom. The van der Waals surface area contributed by atoms with Gasteiger partial charge in [-0.15, -0.1) is 0 Å². The molecule has 0 spiro atoms. The number of amides is 1. The molecule has 4 rings (SSSR count). The van der Waals surface area contributed by atoms with E-state index < -0.39 is 0 Å². The van der Waals surface area contributed by atoms with Crippen LogP contribution in [0.2, 0.25) is 0 Å². The SMILES string of the molecule is O=C(c1ccc(Br)cc1)N1CCC(c2n[nH]c(=O)n2-c2ccccc2)CC1. The van der Waals surface area contributed by atoms with Crippen molar-refractivity contribution in [1.29, 1.82) is 0 Å². The van der Waals surface area contributed by atoms with Crippen LogP contribution in [0.25, 0.3) is 5.69 Å². The minimum Gasteiger partial charge on any atom is -0.339 e. The van der Waals surface area contributed by atoms with E-state index in [0.29, 0.717) is 18.7 Å². The number of carbonyl (C=O) groups is 1.